The second kappa shape index (κ2) is 4.18. The van der Waals surface area contributed by atoms with Crippen molar-refractivity contribution in [2.75, 3.05) is 5.32 Å². The summed E-state index contributed by atoms with van der Waals surface area (Å²) in [6.45, 7) is 5.76. The molecule has 0 amide bonds. The Hall–Kier alpha value is -1.16. The number of hydrogen-bond donors (Lipinski definition) is 2. The maximum Gasteiger partial charge on any atom is 0.131 e. The Morgan fingerprint density at radius 1 is 1.38 bits per heavy atom. The van der Waals surface area contributed by atoms with Crippen LogP contribution < -0.4 is 5.32 Å². The molecule has 0 saturated heterocycles. The minimum absolute atomic E-state index is 0.162. The molecule has 0 aromatic carbocycles. The van der Waals surface area contributed by atoms with Crippen LogP contribution in [0.2, 0.25) is 0 Å². The molecule has 13 heavy (non-hydrogen) atoms. The van der Waals surface area contributed by atoms with Crippen LogP contribution in [0.1, 0.15) is 19.5 Å². The topological polar surface area (TPSA) is 58.0 Å². The van der Waals surface area contributed by atoms with Gasteiger partial charge in [-0.15, -0.1) is 0 Å². The van der Waals surface area contributed by atoms with Gasteiger partial charge in [-0.05, 0) is 12.8 Å². The lowest BCUT2D eigenvalue weighted by atomic mass is 10.2. The smallest absolute Gasteiger partial charge is 0.131 e. The average molecular weight is 181 g/mol. The van der Waals surface area contributed by atoms with E-state index in [9.17, 15) is 5.11 Å². The van der Waals surface area contributed by atoms with Gasteiger partial charge in [0.25, 0.3) is 0 Å². The summed E-state index contributed by atoms with van der Waals surface area (Å²) in [5.74, 6) is 0.823. The van der Waals surface area contributed by atoms with Crippen molar-refractivity contribution in [3.63, 3.8) is 0 Å². The van der Waals surface area contributed by atoms with E-state index < -0.39 is 6.23 Å². The first-order valence-electron chi connectivity index (χ1n) is 4.33. The molecule has 0 aliphatic carbocycles. The summed E-state index contributed by atoms with van der Waals surface area (Å²) >= 11 is 0. The molecule has 1 unspecified atom stereocenters. The summed E-state index contributed by atoms with van der Waals surface area (Å²) in [4.78, 5) is 7.94. The predicted molar refractivity (Wildman–Crippen MR) is 51.2 cm³/mol. The van der Waals surface area contributed by atoms with Gasteiger partial charge in [-0.25, -0.2) is 9.97 Å². The van der Waals surface area contributed by atoms with E-state index in [0.717, 1.165) is 5.69 Å². The number of aromatic nitrogens is 2. The zero-order valence-electron chi connectivity index (χ0n) is 8.15. The molecule has 0 aliphatic rings. The number of nitrogens with zero attached hydrogens (tertiary/aromatic N) is 2. The normalized spacial score (nSPS) is 13.0. The van der Waals surface area contributed by atoms with E-state index >= 15 is 0 Å². The third kappa shape index (κ3) is 2.99. The summed E-state index contributed by atoms with van der Waals surface area (Å²) in [6, 6.07) is 1.80. The van der Waals surface area contributed by atoms with Crippen molar-refractivity contribution in [3.8, 4) is 0 Å². The third-order valence-electron chi connectivity index (χ3n) is 1.73. The van der Waals surface area contributed by atoms with Gasteiger partial charge >= 0.3 is 0 Å². The van der Waals surface area contributed by atoms with Gasteiger partial charge in [0, 0.05) is 11.8 Å². The van der Waals surface area contributed by atoms with Crippen molar-refractivity contribution in [3.05, 3.63) is 18.1 Å². The van der Waals surface area contributed by atoms with Gasteiger partial charge in [0.15, 0.2) is 0 Å². The van der Waals surface area contributed by atoms with Gasteiger partial charge in [0.1, 0.15) is 18.4 Å². The van der Waals surface area contributed by atoms with Crippen molar-refractivity contribution < 1.29 is 5.11 Å². The number of aliphatic hydroxyl groups is 1. The Morgan fingerprint density at radius 3 is 2.62 bits per heavy atom. The number of aryl methyl sites for hydroxylation is 1. The van der Waals surface area contributed by atoms with E-state index in [1.807, 2.05) is 20.8 Å². The SMILES string of the molecule is Cc1cc(NC(O)C(C)C)ncn1. The van der Waals surface area contributed by atoms with Gasteiger partial charge in [-0.3, -0.25) is 0 Å². The lowest BCUT2D eigenvalue weighted by Gasteiger charge is -2.16. The highest BCUT2D eigenvalue weighted by Gasteiger charge is 2.08. The molecule has 0 spiro atoms. The van der Waals surface area contributed by atoms with Crippen LogP contribution in [0, 0.1) is 12.8 Å². The summed E-state index contributed by atoms with van der Waals surface area (Å²) < 4.78 is 0. The van der Waals surface area contributed by atoms with E-state index in [4.69, 9.17) is 0 Å². The van der Waals surface area contributed by atoms with Crippen molar-refractivity contribution in [1.82, 2.24) is 9.97 Å². The molecule has 1 heterocycles. The Balaban J connectivity index is 2.64. The molecule has 0 saturated carbocycles. The standard InChI is InChI=1S/C9H15N3O/c1-6(2)9(13)12-8-4-7(3)10-5-11-8/h4-6,9,13H,1-3H3,(H,10,11,12). The van der Waals surface area contributed by atoms with Crippen LogP contribution in [0.25, 0.3) is 0 Å². The maximum atomic E-state index is 9.50. The summed E-state index contributed by atoms with van der Waals surface area (Å²) in [5, 5.41) is 12.4. The van der Waals surface area contributed by atoms with Crippen LogP contribution in [0.4, 0.5) is 5.82 Å². The first-order valence-corrected chi connectivity index (χ1v) is 4.33. The number of nitrogens with one attached hydrogen (secondary N) is 1. The van der Waals surface area contributed by atoms with Crippen LogP contribution >= 0.6 is 0 Å². The van der Waals surface area contributed by atoms with Crippen molar-refractivity contribution in [2.45, 2.75) is 27.0 Å². The number of aliphatic hydroxyl groups excluding tert-OH is 1. The van der Waals surface area contributed by atoms with Crippen molar-refractivity contribution in [2.24, 2.45) is 5.92 Å². The van der Waals surface area contributed by atoms with Gasteiger partial charge in [-0.2, -0.15) is 0 Å². The molecule has 0 radical (unpaired) electrons. The van der Waals surface area contributed by atoms with Gasteiger partial charge < -0.3 is 10.4 Å². The maximum absolute atomic E-state index is 9.50. The Bertz CT molecular complexity index is 275. The molecular weight excluding hydrogens is 166 g/mol. The van der Waals surface area contributed by atoms with Gasteiger partial charge in [0.2, 0.25) is 0 Å². The third-order valence-corrected chi connectivity index (χ3v) is 1.73. The molecular formula is C9H15N3O. The Kier molecular flexibility index (Phi) is 3.19. The molecule has 72 valence electrons. The zero-order valence-corrected chi connectivity index (χ0v) is 8.15. The van der Waals surface area contributed by atoms with E-state index in [-0.39, 0.29) is 5.92 Å². The molecule has 0 aliphatic heterocycles. The highest BCUT2D eigenvalue weighted by Crippen LogP contribution is 2.07. The second-order valence-corrected chi connectivity index (χ2v) is 3.38. The summed E-state index contributed by atoms with van der Waals surface area (Å²) in [5.41, 5.74) is 0.883. The first kappa shape index (κ1) is 9.92. The van der Waals surface area contributed by atoms with Crippen molar-refractivity contribution >= 4 is 5.82 Å². The van der Waals surface area contributed by atoms with Crippen LogP contribution in [-0.2, 0) is 0 Å². The Labute approximate surface area is 78.0 Å². The largest absolute Gasteiger partial charge is 0.374 e. The molecule has 1 rings (SSSR count). The summed E-state index contributed by atoms with van der Waals surface area (Å²) in [7, 11) is 0. The number of rotatable bonds is 3. The highest BCUT2D eigenvalue weighted by atomic mass is 16.3. The van der Waals surface area contributed by atoms with E-state index in [1.165, 1.54) is 6.33 Å². The number of hydrogen-bond acceptors (Lipinski definition) is 4. The minimum atomic E-state index is -0.561. The monoisotopic (exact) mass is 181 g/mol. The average Bonchev–Trinajstić information content (AvgIpc) is 2.04. The van der Waals surface area contributed by atoms with E-state index in [2.05, 4.69) is 15.3 Å². The van der Waals surface area contributed by atoms with Crippen LogP contribution in [0.5, 0.6) is 0 Å². The minimum Gasteiger partial charge on any atom is -0.374 e. The molecule has 0 bridgehead atoms. The quantitative estimate of drug-likeness (QED) is 0.687. The first-order chi connectivity index (χ1) is 6.09. The highest BCUT2D eigenvalue weighted by molar-refractivity contribution is 5.34. The molecule has 1 atom stereocenters. The van der Waals surface area contributed by atoms with E-state index in [1.54, 1.807) is 6.07 Å². The summed E-state index contributed by atoms with van der Waals surface area (Å²) in [6.07, 6.45) is 0.916. The number of anilines is 1. The molecule has 4 heteroatoms. The fourth-order valence-electron chi connectivity index (χ4n) is 0.852. The molecule has 0 fully saturated rings. The fraction of sp³-hybridized carbons (Fsp3) is 0.556. The fourth-order valence-corrected chi connectivity index (χ4v) is 0.852. The van der Waals surface area contributed by atoms with E-state index in [0.29, 0.717) is 5.82 Å². The van der Waals surface area contributed by atoms with Crippen LogP contribution in [0.15, 0.2) is 12.4 Å². The van der Waals surface area contributed by atoms with Crippen LogP contribution in [0.3, 0.4) is 0 Å². The Morgan fingerprint density at radius 2 is 2.08 bits per heavy atom. The molecule has 4 nitrogen and oxygen atoms in total. The lowest BCUT2D eigenvalue weighted by molar-refractivity contribution is 0.152. The van der Waals surface area contributed by atoms with Crippen LogP contribution in [-0.4, -0.2) is 21.3 Å². The molecule has 2 N–H and O–H groups in total. The molecule has 1 aromatic heterocycles. The predicted octanol–water partition coefficient (Wildman–Crippen LogP) is 1.17. The van der Waals surface area contributed by atoms with Crippen molar-refractivity contribution in [1.29, 1.82) is 0 Å². The second-order valence-electron chi connectivity index (χ2n) is 3.38. The van der Waals surface area contributed by atoms with Gasteiger partial charge in [-0.1, -0.05) is 13.8 Å². The molecule has 1 aromatic rings. The zero-order chi connectivity index (χ0) is 9.84. The lowest BCUT2D eigenvalue weighted by Crippen LogP contribution is -2.25. The van der Waals surface area contributed by atoms with Gasteiger partial charge in [0.05, 0.1) is 0 Å².